The molecule has 2 heterocycles. The van der Waals surface area contributed by atoms with Crippen LogP contribution in [0.15, 0.2) is 58.1 Å². The molecule has 25 heavy (non-hydrogen) atoms. The number of hydrogen-bond acceptors (Lipinski definition) is 7. The standard InChI is InChI=1S/C16H14N4O4S/c1-2-25(22,23)13-5-3-4-12(10-13)14(21)18-16-20-19-15(24-16)11-6-8-17-9-7-11/h3-10H,2H2,1H3,(H,18,20,21). The Morgan fingerprint density at radius 2 is 1.92 bits per heavy atom. The third-order valence-electron chi connectivity index (χ3n) is 3.41. The van der Waals surface area contributed by atoms with Crippen molar-refractivity contribution in [2.75, 3.05) is 11.1 Å². The van der Waals surface area contributed by atoms with E-state index in [0.29, 0.717) is 5.56 Å². The van der Waals surface area contributed by atoms with E-state index in [1.165, 1.54) is 24.3 Å². The summed E-state index contributed by atoms with van der Waals surface area (Å²) in [4.78, 5) is 16.3. The number of pyridine rings is 1. The fraction of sp³-hybridized carbons (Fsp3) is 0.125. The molecule has 1 N–H and O–H groups in total. The molecule has 0 radical (unpaired) electrons. The second-order valence-electron chi connectivity index (χ2n) is 5.03. The third-order valence-corrected chi connectivity index (χ3v) is 5.14. The number of hydrogen-bond donors (Lipinski definition) is 1. The van der Waals surface area contributed by atoms with Gasteiger partial charge in [0.1, 0.15) is 0 Å². The van der Waals surface area contributed by atoms with Crippen LogP contribution >= 0.6 is 0 Å². The smallest absolute Gasteiger partial charge is 0.322 e. The van der Waals surface area contributed by atoms with E-state index in [9.17, 15) is 13.2 Å². The molecule has 0 saturated heterocycles. The summed E-state index contributed by atoms with van der Waals surface area (Å²) in [7, 11) is -3.40. The molecule has 128 valence electrons. The summed E-state index contributed by atoms with van der Waals surface area (Å²) in [5.74, 6) is -0.352. The average molecular weight is 358 g/mol. The highest BCUT2D eigenvalue weighted by Gasteiger charge is 2.16. The van der Waals surface area contributed by atoms with Crippen molar-refractivity contribution in [2.24, 2.45) is 0 Å². The Kier molecular flexibility index (Phi) is 4.57. The SMILES string of the molecule is CCS(=O)(=O)c1cccc(C(=O)Nc2nnc(-c3ccncc3)o2)c1. The minimum atomic E-state index is -3.40. The van der Waals surface area contributed by atoms with Crippen LogP contribution in [0.2, 0.25) is 0 Å². The number of sulfone groups is 1. The van der Waals surface area contributed by atoms with Crippen molar-refractivity contribution >= 4 is 21.8 Å². The number of carbonyl (C=O) groups is 1. The Balaban J connectivity index is 1.80. The lowest BCUT2D eigenvalue weighted by Gasteiger charge is -2.04. The zero-order valence-corrected chi connectivity index (χ0v) is 14.0. The molecule has 1 aromatic carbocycles. The van der Waals surface area contributed by atoms with Crippen LogP contribution < -0.4 is 5.32 Å². The van der Waals surface area contributed by atoms with Crippen molar-refractivity contribution in [3.63, 3.8) is 0 Å². The first-order chi connectivity index (χ1) is 12.0. The number of carbonyl (C=O) groups excluding carboxylic acids is 1. The van der Waals surface area contributed by atoms with Crippen LogP contribution in [0, 0.1) is 0 Å². The highest BCUT2D eigenvalue weighted by Crippen LogP contribution is 2.19. The van der Waals surface area contributed by atoms with Gasteiger partial charge in [-0.2, -0.15) is 0 Å². The van der Waals surface area contributed by atoms with E-state index < -0.39 is 15.7 Å². The van der Waals surface area contributed by atoms with E-state index >= 15 is 0 Å². The molecule has 0 aliphatic rings. The third kappa shape index (κ3) is 3.72. The van der Waals surface area contributed by atoms with E-state index in [-0.39, 0.29) is 28.1 Å². The van der Waals surface area contributed by atoms with E-state index in [2.05, 4.69) is 20.5 Å². The van der Waals surface area contributed by atoms with Gasteiger partial charge in [0.05, 0.1) is 10.6 Å². The number of nitrogens with zero attached hydrogens (tertiary/aromatic N) is 3. The largest absolute Gasteiger partial charge is 0.403 e. The number of anilines is 1. The first-order valence-corrected chi connectivity index (χ1v) is 9.03. The van der Waals surface area contributed by atoms with Crippen molar-refractivity contribution in [2.45, 2.75) is 11.8 Å². The maximum Gasteiger partial charge on any atom is 0.322 e. The van der Waals surface area contributed by atoms with Gasteiger partial charge in [-0.1, -0.05) is 18.1 Å². The Morgan fingerprint density at radius 3 is 2.64 bits per heavy atom. The highest BCUT2D eigenvalue weighted by molar-refractivity contribution is 7.91. The molecular weight excluding hydrogens is 344 g/mol. The number of amides is 1. The molecule has 0 aliphatic heterocycles. The zero-order valence-electron chi connectivity index (χ0n) is 13.2. The van der Waals surface area contributed by atoms with E-state index in [1.54, 1.807) is 31.5 Å². The van der Waals surface area contributed by atoms with Crippen LogP contribution in [0.1, 0.15) is 17.3 Å². The lowest BCUT2D eigenvalue weighted by atomic mass is 10.2. The Bertz CT molecular complexity index is 1000. The van der Waals surface area contributed by atoms with Crippen LogP contribution in [-0.4, -0.2) is 35.3 Å². The molecule has 3 aromatic rings. The monoisotopic (exact) mass is 358 g/mol. The van der Waals surface area contributed by atoms with Gasteiger partial charge in [0.15, 0.2) is 9.84 Å². The summed E-state index contributed by atoms with van der Waals surface area (Å²) in [5, 5.41) is 10.1. The fourth-order valence-electron chi connectivity index (χ4n) is 2.05. The van der Waals surface area contributed by atoms with E-state index in [0.717, 1.165) is 0 Å². The highest BCUT2D eigenvalue weighted by atomic mass is 32.2. The Hall–Kier alpha value is -3.07. The van der Waals surface area contributed by atoms with Gasteiger partial charge in [0.2, 0.25) is 5.89 Å². The lowest BCUT2D eigenvalue weighted by Crippen LogP contribution is -2.13. The van der Waals surface area contributed by atoms with E-state index in [1.807, 2.05) is 0 Å². The second-order valence-corrected chi connectivity index (χ2v) is 7.31. The molecule has 2 aromatic heterocycles. The fourth-order valence-corrected chi connectivity index (χ4v) is 2.98. The van der Waals surface area contributed by atoms with Crippen LogP contribution in [0.25, 0.3) is 11.5 Å². The molecule has 0 spiro atoms. The van der Waals surface area contributed by atoms with Crippen molar-refractivity contribution < 1.29 is 17.6 Å². The van der Waals surface area contributed by atoms with Crippen molar-refractivity contribution in [3.05, 3.63) is 54.4 Å². The summed E-state index contributed by atoms with van der Waals surface area (Å²) in [6.07, 6.45) is 3.16. The van der Waals surface area contributed by atoms with Gasteiger partial charge in [-0.05, 0) is 30.3 Å². The average Bonchev–Trinajstić information content (AvgIpc) is 3.11. The molecule has 9 heteroatoms. The van der Waals surface area contributed by atoms with Crippen LogP contribution in [0.5, 0.6) is 0 Å². The van der Waals surface area contributed by atoms with Gasteiger partial charge in [-0.3, -0.25) is 15.1 Å². The summed E-state index contributed by atoms with van der Waals surface area (Å²) < 4.78 is 29.2. The molecule has 3 rings (SSSR count). The molecule has 0 saturated carbocycles. The quantitative estimate of drug-likeness (QED) is 0.743. The van der Waals surface area contributed by atoms with Gasteiger partial charge < -0.3 is 4.42 Å². The summed E-state index contributed by atoms with van der Waals surface area (Å²) in [6.45, 7) is 1.54. The normalized spacial score (nSPS) is 11.2. The van der Waals surface area contributed by atoms with Crippen molar-refractivity contribution in [1.29, 1.82) is 0 Å². The number of aromatic nitrogens is 3. The van der Waals surface area contributed by atoms with Crippen molar-refractivity contribution in [1.82, 2.24) is 15.2 Å². The molecule has 8 nitrogen and oxygen atoms in total. The topological polar surface area (TPSA) is 115 Å². The second kappa shape index (κ2) is 6.81. The Morgan fingerprint density at radius 1 is 1.16 bits per heavy atom. The molecule has 0 atom stereocenters. The molecule has 0 unspecified atom stereocenters. The first-order valence-electron chi connectivity index (χ1n) is 7.37. The van der Waals surface area contributed by atoms with Gasteiger partial charge in [0.25, 0.3) is 5.91 Å². The number of benzene rings is 1. The minimum absolute atomic E-state index is 0.0446. The molecule has 1 amide bonds. The number of rotatable bonds is 5. The van der Waals surface area contributed by atoms with Gasteiger partial charge in [0, 0.05) is 23.5 Å². The molecule has 0 bridgehead atoms. The number of nitrogens with one attached hydrogen (secondary N) is 1. The van der Waals surface area contributed by atoms with Gasteiger partial charge in [-0.25, -0.2) is 8.42 Å². The minimum Gasteiger partial charge on any atom is -0.403 e. The zero-order chi connectivity index (χ0) is 17.9. The van der Waals surface area contributed by atoms with E-state index in [4.69, 9.17) is 4.42 Å². The van der Waals surface area contributed by atoms with Crippen LogP contribution in [0.4, 0.5) is 6.01 Å². The predicted octanol–water partition coefficient (Wildman–Crippen LogP) is 2.18. The molecule has 0 fully saturated rings. The van der Waals surface area contributed by atoms with Crippen molar-refractivity contribution in [3.8, 4) is 11.5 Å². The molecule has 0 aliphatic carbocycles. The van der Waals surface area contributed by atoms with Gasteiger partial charge >= 0.3 is 6.01 Å². The summed E-state index contributed by atoms with van der Waals surface area (Å²) in [5.41, 5.74) is 0.845. The Labute approximate surface area is 143 Å². The van der Waals surface area contributed by atoms with Gasteiger partial charge in [-0.15, -0.1) is 5.10 Å². The maximum absolute atomic E-state index is 12.3. The summed E-state index contributed by atoms with van der Waals surface area (Å²) in [6, 6.07) is 9.08. The molecular formula is C16H14N4O4S. The van der Waals surface area contributed by atoms with Crippen LogP contribution in [-0.2, 0) is 9.84 Å². The maximum atomic E-state index is 12.3. The first kappa shape index (κ1) is 16.8. The summed E-state index contributed by atoms with van der Waals surface area (Å²) >= 11 is 0. The van der Waals surface area contributed by atoms with Crippen LogP contribution in [0.3, 0.4) is 0 Å². The predicted molar refractivity (Wildman–Crippen MR) is 89.7 cm³/mol. The lowest BCUT2D eigenvalue weighted by molar-refractivity contribution is 0.102.